The minimum atomic E-state index is -1.06. The third-order valence-electron chi connectivity index (χ3n) is 9.20. The van der Waals surface area contributed by atoms with E-state index in [4.69, 9.17) is 28.3 Å². The monoisotopic (exact) mass is 860 g/mol. The minimum Gasteiger partial charge on any atom is -0.481 e. The minimum absolute atomic E-state index is 0.0588. The third kappa shape index (κ3) is 11.9. The Labute approximate surface area is 354 Å². The second-order valence-electron chi connectivity index (χ2n) is 13.5. The standard InChI is InChI=1S/C22H21ClFN3O3.C21H19ClFN3O4/c1-14(28)6-9-20(29)25-10-11-27-19-8-7-15(23)12-17(19)22(26-13-21(27)30)16-4-2-3-5-18(16)24;22-13-5-6-17-15(11-13)21(14-3-1-2-4-16(14)23)25-12-19(28)26(17)10-9-24-18(27)7-8-20(29)30/h2-5,7-8,12H,6,9-11,13H2,1H3,(H,25,29);1-6,11H,7-10,12H2,(H,24,27)(H,29,30). The van der Waals surface area contributed by atoms with E-state index in [0.29, 0.717) is 44.0 Å². The lowest BCUT2D eigenvalue weighted by atomic mass is 9.99. The van der Waals surface area contributed by atoms with Gasteiger partial charge in [-0.25, -0.2) is 8.78 Å². The van der Waals surface area contributed by atoms with Crippen LogP contribution in [-0.4, -0.2) is 91.2 Å². The van der Waals surface area contributed by atoms with Crippen LogP contribution in [0.15, 0.2) is 94.9 Å². The van der Waals surface area contributed by atoms with Crippen LogP contribution >= 0.6 is 23.2 Å². The lowest BCUT2D eigenvalue weighted by Gasteiger charge is -2.23. The van der Waals surface area contributed by atoms with Gasteiger partial charge in [-0.05, 0) is 67.6 Å². The van der Waals surface area contributed by atoms with Gasteiger partial charge >= 0.3 is 5.97 Å². The molecule has 0 spiro atoms. The zero-order chi connectivity index (χ0) is 43.3. The molecule has 312 valence electrons. The van der Waals surface area contributed by atoms with Crippen LogP contribution in [0.4, 0.5) is 20.2 Å². The number of Topliss-reactive ketones (excluding diaryl/α,β-unsaturated/α-hetero) is 1. The quantitative estimate of drug-likeness (QED) is 0.144. The number of aliphatic carboxylic acids is 1. The zero-order valence-electron chi connectivity index (χ0n) is 32.4. The molecular weight excluding hydrogens is 821 g/mol. The summed E-state index contributed by atoms with van der Waals surface area (Å²) in [5, 5.41) is 14.8. The number of ketones is 1. The van der Waals surface area contributed by atoms with Crippen molar-refractivity contribution in [3.8, 4) is 0 Å². The number of anilines is 2. The molecule has 60 heavy (non-hydrogen) atoms. The molecule has 2 aliphatic heterocycles. The van der Waals surface area contributed by atoms with Gasteiger partial charge in [0, 0.05) is 77.7 Å². The molecule has 3 N–H and O–H groups in total. The number of hydrogen-bond donors (Lipinski definition) is 3. The number of hydrogen-bond acceptors (Lipinski definition) is 8. The topological polar surface area (TPSA) is 178 Å². The Morgan fingerprint density at radius 2 is 1.05 bits per heavy atom. The number of fused-ring (bicyclic) bond motifs is 2. The van der Waals surface area contributed by atoms with E-state index in [2.05, 4.69) is 20.6 Å². The molecule has 4 amide bonds. The summed E-state index contributed by atoms with van der Waals surface area (Å²) in [4.78, 5) is 82.3. The number of nitrogens with zero attached hydrogens (tertiary/aromatic N) is 4. The molecule has 0 aliphatic carbocycles. The van der Waals surface area contributed by atoms with Gasteiger partial charge < -0.3 is 30.3 Å². The third-order valence-corrected chi connectivity index (χ3v) is 9.67. The molecule has 0 saturated carbocycles. The molecule has 17 heteroatoms. The first-order chi connectivity index (χ1) is 28.7. The van der Waals surface area contributed by atoms with E-state index in [-0.39, 0.29) is 99.6 Å². The van der Waals surface area contributed by atoms with Crippen molar-refractivity contribution in [1.29, 1.82) is 0 Å². The van der Waals surface area contributed by atoms with Crippen molar-refractivity contribution in [2.24, 2.45) is 9.98 Å². The molecule has 0 aromatic heterocycles. The van der Waals surface area contributed by atoms with Gasteiger partial charge in [0.05, 0.1) is 29.2 Å². The van der Waals surface area contributed by atoms with Gasteiger partial charge in [0.15, 0.2) is 0 Å². The molecule has 0 radical (unpaired) electrons. The van der Waals surface area contributed by atoms with E-state index < -0.39 is 23.5 Å². The Morgan fingerprint density at radius 3 is 1.45 bits per heavy atom. The number of carbonyl (C=O) groups excluding carboxylic acids is 5. The highest BCUT2D eigenvalue weighted by Gasteiger charge is 2.28. The summed E-state index contributed by atoms with van der Waals surface area (Å²) in [7, 11) is 0. The Bertz CT molecular complexity index is 2210. The van der Waals surface area contributed by atoms with Crippen LogP contribution in [0.5, 0.6) is 0 Å². The van der Waals surface area contributed by atoms with Crippen molar-refractivity contribution in [1.82, 2.24) is 10.6 Å². The van der Waals surface area contributed by atoms with E-state index in [9.17, 15) is 37.5 Å². The van der Waals surface area contributed by atoms with E-state index in [1.807, 2.05) is 0 Å². The molecule has 4 aromatic rings. The van der Waals surface area contributed by atoms with Crippen LogP contribution in [0.2, 0.25) is 10.0 Å². The Morgan fingerprint density at radius 1 is 0.633 bits per heavy atom. The molecule has 0 atom stereocenters. The van der Waals surface area contributed by atoms with Crippen molar-refractivity contribution in [2.45, 2.75) is 32.6 Å². The molecule has 4 aromatic carbocycles. The summed E-state index contributed by atoms with van der Waals surface area (Å²) in [6.45, 7) is 1.77. The van der Waals surface area contributed by atoms with Gasteiger partial charge in [0.2, 0.25) is 23.6 Å². The van der Waals surface area contributed by atoms with Gasteiger partial charge in [0.1, 0.15) is 30.5 Å². The zero-order valence-corrected chi connectivity index (χ0v) is 33.9. The van der Waals surface area contributed by atoms with Crippen LogP contribution in [0.25, 0.3) is 0 Å². The Kier molecular flexibility index (Phi) is 15.7. The largest absolute Gasteiger partial charge is 0.481 e. The van der Waals surface area contributed by atoms with Crippen molar-refractivity contribution in [2.75, 3.05) is 49.1 Å². The van der Waals surface area contributed by atoms with Gasteiger partial charge in [-0.1, -0.05) is 47.5 Å². The fourth-order valence-electron chi connectivity index (χ4n) is 6.33. The van der Waals surface area contributed by atoms with Crippen molar-refractivity contribution >= 4 is 81.4 Å². The summed E-state index contributed by atoms with van der Waals surface area (Å²) in [6, 6.07) is 22.3. The molecule has 2 heterocycles. The second kappa shape index (κ2) is 21.1. The SMILES string of the molecule is CC(=O)CCC(=O)NCCN1C(=O)CN=C(c2ccccc2F)c2cc(Cl)ccc21.O=C(O)CCC(=O)NCCN1C(=O)CN=C(c2ccccc2F)c2cc(Cl)ccc21. The number of amides is 4. The summed E-state index contributed by atoms with van der Waals surface area (Å²) < 4.78 is 28.8. The fraction of sp³-hybridized carbons (Fsp3) is 0.256. The normalized spacial score (nSPS) is 13.3. The number of carbonyl (C=O) groups is 6. The Hall–Kier alpha value is -6.32. The van der Waals surface area contributed by atoms with Crippen molar-refractivity contribution < 1.29 is 42.7 Å². The highest BCUT2D eigenvalue weighted by atomic mass is 35.5. The number of nitrogens with one attached hydrogen (secondary N) is 2. The number of carboxylic acids is 1. The lowest BCUT2D eigenvalue weighted by Crippen LogP contribution is -2.39. The first kappa shape index (κ1) is 44.8. The van der Waals surface area contributed by atoms with E-state index >= 15 is 0 Å². The molecular formula is C43H40Cl2F2N6O7. The van der Waals surface area contributed by atoms with Crippen LogP contribution in [-0.2, 0) is 28.8 Å². The van der Waals surface area contributed by atoms with Gasteiger partial charge in [-0.3, -0.25) is 34.0 Å². The van der Waals surface area contributed by atoms with E-state index in [0.717, 1.165) is 0 Å². The van der Waals surface area contributed by atoms with E-state index in [1.165, 1.54) is 28.9 Å². The molecule has 0 bridgehead atoms. The highest BCUT2D eigenvalue weighted by Crippen LogP contribution is 2.32. The fourth-order valence-corrected chi connectivity index (χ4v) is 6.67. The molecule has 13 nitrogen and oxygen atoms in total. The summed E-state index contributed by atoms with van der Waals surface area (Å²) in [5.41, 5.74) is 3.33. The molecule has 2 aliphatic rings. The summed E-state index contributed by atoms with van der Waals surface area (Å²) in [5.74, 6) is -3.29. The van der Waals surface area contributed by atoms with Crippen LogP contribution in [0, 0.1) is 11.6 Å². The highest BCUT2D eigenvalue weighted by molar-refractivity contribution is 6.32. The maximum absolute atomic E-state index is 14.4. The summed E-state index contributed by atoms with van der Waals surface area (Å²) >= 11 is 12.3. The first-order valence-corrected chi connectivity index (χ1v) is 19.5. The smallest absolute Gasteiger partial charge is 0.303 e. The molecule has 0 unspecified atom stereocenters. The first-order valence-electron chi connectivity index (χ1n) is 18.8. The van der Waals surface area contributed by atoms with Crippen molar-refractivity contribution in [3.05, 3.63) is 129 Å². The summed E-state index contributed by atoms with van der Waals surface area (Å²) in [6.07, 6.45) is -0.128. The number of benzene rings is 4. The van der Waals surface area contributed by atoms with Crippen molar-refractivity contribution in [3.63, 3.8) is 0 Å². The Balaban J connectivity index is 0.000000228. The predicted octanol–water partition coefficient (Wildman–Crippen LogP) is 5.79. The van der Waals surface area contributed by atoms with Gasteiger partial charge in [-0.2, -0.15) is 0 Å². The lowest BCUT2D eigenvalue weighted by molar-refractivity contribution is -0.138. The average molecular weight is 862 g/mol. The van der Waals surface area contributed by atoms with Crippen LogP contribution in [0.3, 0.4) is 0 Å². The average Bonchev–Trinajstić information content (AvgIpc) is 3.43. The van der Waals surface area contributed by atoms with Gasteiger partial charge in [0.25, 0.3) is 0 Å². The molecule has 0 saturated heterocycles. The van der Waals surface area contributed by atoms with Gasteiger partial charge in [-0.15, -0.1) is 0 Å². The number of rotatable bonds is 14. The molecule has 0 fully saturated rings. The number of benzodiazepines with no additional fused rings is 2. The van der Waals surface area contributed by atoms with E-state index in [1.54, 1.807) is 72.8 Å². The maximum atomic E-state index is 14.4. The van der Waals surface area contributed by atoms with Crippen LogP contribution in [0.1, 0.15) is 54.9 Å². The number of carboxylic acid groups (broad SMARTS) is 1. The number of halogens is 4. The molecule has 6 rings (SSSR count). The van der Waals surface area contributed by atoms with Crippen LogP contribution < -0.4 is 20.4 Å². The predicted molar refractivity (Wildman–Crippen MR) is 224 cm³/mol. The maximum Gasteiger partial charge on any atom is 0.303 e. The number of aliphatic imine (C=N–C) groups is 2. The second-order valence-corrected chi connectivity index (χ2v) is 14.4.